The first-order chi connectivity index (χ1) is 9.80. The molecule has 0 saturated carbocycles. The smallest absolute Gasteiger partial charge is 0.240 e. The van der Waals surface area contributed by atoms with Crippen LogP contribution < -0.4 is 10.5 Å². The van der Waals surface area contributed by atoms with E-state index in [0.717, 1.165) is 30.4 Å². The summed E-state index contributed by atoms with van der Waals surface area (Å²) < 4.78 is 27.6. The number of benzene rings is 1. The Morgan fingerprint density at radius 3 is 2.33 bits per heavy atom. The standard InChI is InChI=1S/C16H28N2O2S/c1-5-14-8-9-16(10-15(14)11-17)21(19,20)18-13(4)7-6-12(2)3/h8-10,12-13,18H,5-7,11,17H2,1-4H3. The van der Waals surface area contributed by atoms with Crippen molar-refractivity contribution in [2.45, 2.75) is 64.4 Å². The highest BCUT2D eigenvalue weighted by Gasteiger charge is 2.18. The molecule has 1 aromatic carbocycles. The van der Waals surface area contributed by atoms with Crippen molar-refractivity contribution in [1.29, 1.82) is 0 Å². The molecule has 0 bridgehead atoms. The summed E-state index contributed by atoms with van der Waals surface area (Å²) in [4.78, 5) is 0.302. The number of nitrogens with one attached hydrogen (secondary N) is 1. The lowest BCUT2D eigenvalue weighted by Crippen LogP contribution is -2.33. The highest BCUT2D eigenvalue weighted by molar-refractivity contribution is 7.89. The maximum atomic E-state index is 12.4. The Morgan fingerprint density at radius 2 is 1.81 bits per heavy atom. The summed E-state index contributed by atoms with van der Waals surface area (Å²) in [5.41, 5.74) is 7.70. The maximum Gasteiger partial charge on any atom is 0.240 e. The normalized spacial score (nSPS) is 13.6. The van der Waals surface area contributed by atoms with Crippen molar-refractivity contribution >= 4 is 10.0 Å². The fourth-order valence-corrected chi connectivity index (χ4v) is 3.61. The topological polar surface area (TPSA) is 72.2 Å². The van der Waals surface area contributed by atoms with Gasteiger partial charge in [0.2, 0.25) is 10.0 Å². The van der Waals surface area contributed by atoms with E-state index in [0.29, 0.717) is 17.4 Å². The molecule has 0 amide bonds. The van der Waals surface area contributed by atoms with Gasteiger partial charge in [-0.1, -0.05) is 26.8 Å². The summed E-state index contributed by atoms with van der Waals surface area (Å²) in [6.45, 7) is 8.57. The summed E-state index contributed by atoms with van der Waals surface area (Å²) >= 11 is 0. The van der Waals surface area contributed by atoms with E-state index in [4.69, 9.17) is 5.73 Å². The van der Waals surface area contributed by atoms with Gasteiger partial charge in [0.15, 0.2) is 0 Å². The van der Waals surface area contributed by atoms with Gasteiger partial charge in [-0.25, -0.2) is 13.1 Å². The van der Waals surface area contributed by atoms with Crippen LogP contribution in [0.25, 0.3) is 0 Å². The van der Waals surface area contributed by atoms with Crippen LogP contribution in [0.15, 0.2) is 23.1 Å². The first-order valence-corrected chi connectivity index (χ1v) is 9.12. The van der Waals surface area contributed by atoms with Gasteiger partial charge >= 0.3 is 0 Å². The zero-order chi connectivity index (χ0) is 16.0. The van der Waals surface area contributed by atoms with Gasteiger partial charge in [0, 0.05) is 12.6 Å². The number of hydrogen-bond acceptors (Lipinski definition) is 3. The van der Waals surface area contributed by atoms with E-state index in [2.05, 4.69) is 18.6 Å². The monoisotopic (exact) mass is 312 g/mol. The highest BCUT2D eigenvalue weighted by atomic mass is 32.2. The van der Waals surface area contributed by atoms with Crippen molar-refractivity contribution in [2.24, 2.45) is 11.7 Å². The van der Waals surface area contributed by atoms with Crippen LogP contribution in [-0.2, 0) is 23.0 Å². The molecule has 4 nitrogen and oxygen atoms in total. The molecule has 0 aliphatic heterocycles. The van der Waals surface area contributed by atoms with E-state index in [-0.39, 0.29) is 6.04 Å². The minimum atomic E-state index is -3.47. The third-order valence-electron chi connectivity index (χ3n) is 3.62. The number of rotatable bonds is 8. The molecule has 1 rings (SSSR count). The largest absolute Gasteiger partial charge is 0.326 e. The van der Waals surface area contributed by atoms with E-state index < -0.39 is 10.0 Å². The minimum absolute atomic E-state index is 0.0652. The lowest BCUT2D eigenvalue weighted by Gasteiger charge is -2.16. The van der Waals surface area contributed by atoms with Crippen LogP contribution in [0, 0.1) is 5.92 Å². The van der Waals surface area contributed by atoms with E-state index >= 15 is 0 Å². The molecule has 0 fully saturated rings. The van der Waals surface area contributed by atoms with Crippen LogP contribution in [0.1, 0.15) is 51.7 Å². The van der Waals surface area contributed by atoms with Gasteiger partial charge in [-0.2, -0.15) is 0 Å². The molecule has 0 saturated heterocycles. The number of hydrogen-bond donors (Lipinski definition) is 2. The first-order valence-electron chi connectivity index (χ1n) is 7.64. The van der Waals surface area contributed by atoms with Crippen LogP contribution in [-0.4, -0.2) is 14.5 Å². The summed E-state index contributed by atoms with van der Waals surface area (Å²) in [5.74, 6) is 0.574. The summed E-state index contributed by atoms with van der Waals surface area (Å²) in [6.07, 6.45) is 2.70. The maximum absolute atomic E-state index is 12.4. The van der Waals surface area contributed by atoms with Crippen LogP contribution in [0.4, 0.5) is 0 Å². The molecule has 0 aromatic heterocycles. The van der Waals surface area contributed by atoms with Crippen LogP contribution in [0.3, 0.4) is 0 Å². The van der Waals surface area contributed by atoms with E-state index in [1.165, 1.54) is 0 Å². The molecule has 120 valence electrons. The molecule has 0 heterocycles. The Balaban J connectivity index is 2.87. The fraction of sp³-hybridized carbons (Fsp3) is 0.625. The van der Waals surface area contributed by atoms with Crippen LogP contribution >= 0.6 is 0 Å². The average Bonchev–Trinajstić information content (AvgIpc) is 2.43. The van der Waals surface area contributed by atoms with Crippen molar-refractivity contribution in [2.75, 3.05) is 0 Å². The van der Waals surface area contributed by atoms with E-state index in [9.17, 15) is 8.42 Å². The van der Waals surface area contributed by atoms with Crippen molar-refractivity contribution < 1.29 is 8.42 Å². The van der Waals surface area contributed by atoms with Gasteiger partial charge in [0.1, 0.15) is 0 Å². The zero-order valence-electron chi connectivity index (χ0n) is 13.5. The third-order valence-corrected chi connectivity index (χ3v) is 5.21. The van der Waals surface area contributed by atoms with Crippen molar-refractivity contribution in [3.05, 3.63) is 29.3 Å². The van der Waals surface area contributed by atoms with Gasteiger partial charge in [0.05, 0.1) is 4.90 Å². The second kappa shape index (κ2) is 7.92. The van der Waals surface area contributed by atoms with Gasteiger partial charge in [-0.05, 0) is 55.4 Å². The summed E-state index contributed by atoms with van der Waals surface area (Å²) in [7, 11) is -3.47. The Kier molecular flexibility index (Phi) is 6.84. The minimum Gasteiger partial charge on any atom is -0.326 e. The third kappa shape index (κ3) is 5.41. The molecule has 1 unspecified atom stereocenters. The van der Waals surface area contributed by atoms with Crippen molar-refractivity contribution in [1.82, 2.24) is 4.72 Å². The predicted molar refractivity (Wildman–Crippen MR) is 87.6 cm³/mol. The summed E-state index contributed by atoms with van der Waals surface area (Å²) in [6, 6.07) is 5.14. The Hall–Kier alpha value is -0.910. The van der Waals surface area contributed by atoms with E-state index in [1.807, 2.05) is 19.9 Å². The van der Waals surface area contributed by atoms with Crippen LogP contribution in [0.2, 0.25) is 0 Å². The molecule has 0 spiro atoms. The van der Waals surface area contributed by atoms with Gasteiger partial charge in [0.25, 0.3) is 0 Å². The molecule has 0 aliphatic rings. The number of aryl methyl sites for hydroxylation is 1. The molecule has 5 heteroatoms. The Bertz CT molecular complexity index is 553. The average molecular weight is 312 g/mol. The molecular formula is C16H28N2O2S. The second-order valence-electron chi connectivity index (χ2n) is 5.98. The highest BCUT2D eigenvalue weighted by Crippen LogP contribution is 2.17. The SMILES string of the molecule is CCc1ccc(S(=O)(=O)NC(C)CCC(C)C)cc1CN. The molecular weight excluding hydrogens is 284 g/mol. The molecule has 3 N–H and O–H groups in total. The second-order valence-corrected chi connectivity index (χ2v) is 7.70. The zero-order valence-corrected chi connectivity index (χ0v) is 14.3. The lowest BCUT2D eigenvalue weighted by molar-refractivity contribution is 0.485. The quantitative estimate of drug-likeness (QED) is 0.775. The number of nitrogens with two attached hydrogens (primary N) is 1. The first kappa shape index (κ1) is 18.1. The molecule has 0 aliphatic carbocycles. The van der Waals surface area contributed by atoms with Crippen LogP contribution in [0.5, 0.6) is 0 Å². The molecule has 0 radical (unpaired) electrons. The molecule has 1 aromatic rings. The molecule has 21 heavy (non-hydrogen) atoms. The Morgan fingerprint density at radius 1 is 1.14 bits per heavy atom. The van der Waals surface area contributed by atoms with Crippen molar-refractivity contribution in [3.63, 3.8) is 0 Å². The lowest BCUT2D eigenvalue weighted by atomic mass is 10.1. The van der Waals surface area contributed by atoms with Gasteiger partial charge in [-0.15, -0.1) is 0 Å². The van der Waals surface area contributed by atoms with Gasteiger partial charge < -0.3 is 5.73 Å². The van der Waals surface area contributed by atoms with Gasteiger partial charge in [-0.3, -0.25) is 0 Å². The predicted octanol–water partition coefficient (Wildman–Crippen LogP) is 2.81. The molecule has 1 atom stereocenters. The fourth-order valence-electron chi connectivity index (χ4n) is 2.28. The Labute approximate surface area is 129 Å². The summed E-state index contributed by atoms with van der Waals surface area (Å²) in [5, 5.41) is 0. The van der Waals surface area contributed by atoms with Crippen molar-refractivity contribution in [3.8, 4) is 0 Å². The number of sulfonamides is 1. The van der Waals surface area contributed by atoms with E-state index in [1.54, 1.807) is 12.1 Å².